The Balaban J connectivity index is 1.11. The largest absolute Gasteiger partial charge is 0.448 e. The van der Waals surface area contributed by atoms with Gasteiger partial charge in [0, 0.05) is 16.8 Å². The molecule has 1 fully saturated rings. The highest BCUT2D eigenvalue weighted by Crippen LogP contribution is 2.45. The van der Waals surface area contributed by atoms with Crippen LogP contribution in [0.3, 0.4) is 0 Å². The van der Waals surface area contributed by atoms with Gasteiger partial charge in [-0.3, -0.25) is 14.5 Å². The lowest BCUT2D eigenvalue weighted by molar-refractivity contribution is -0.152. The van der Waals surface area contributed by atoms with Crippen LogP contribution in [0.1, 0.15) is 46.0 Å². The number of β-lactam (4-membered cyclic amide) rings is 1. The van der Waals surface area contributed by atoms with Gasteiger partial charge in [0.2, 0.25) is 5.91 Å². The molecule has 0 aliphatic carbocycles. The summed E-state index contributed by atoms with van der Waals surface area (Å²) in [6, 6.07) is 47.6. The van der Waals surface area contributed by atoms with Gasteiger partial charge in [0.1, 0.15) is 22.3 Å². The maximum atomic E-state index is 14.2. The number of fused-ring (bicyclic) bond motifs is 1. The summed E-state index contributed by atoms with van der Waals surface area (Å²) < 4.78 is 34.5. The molecule has 1 aromatic heterocycles. The molecule has 0 saturated carbocycles. The Hall–Kier alpha value is -6.15. The van der Waals surface area contributed by atoms with Crippen LogP contribution in [0.5, 0.6) is 0 Å². The summed E-state index contributed by atoms with van der Waals surface area (Å²) in [6.45, 7) is -3.25. The van der Waals surface area contributed by atoms with Gasteiger partial charge in [-0.05, 0) is 27.8 Å². The number of nitrogens with one attached hydrogen (secondary N) is 2. The van der Waals surface area contributed by atoms with Crippen molar-refractivity contribution in [1.82, 2.24) is 15.2 Å². The molecule has 8 rings (SSSR count). The number of halogens is 3. The number of anilines is 1. The van der Waals surface area contributed by atoms with Crippen molar-refractivity contribution < 1.29 is 27.9 Å². The molecule has 2 atom stereocenters. The lowest BCUT2D eigenvalue weighted by Gasteiger charge is -2.47. The lowest BCUT2D eigenvalue weighted by Crippen LogP contribution is -2.58. The van der Waals surface area contributed by atoms with Crippen LogP contribution in [0.25, 0.3) is 0 Å². The predicted octanol–water partition coefficient (Wildman–Crippen LogP) is 9.13. The molecule has 3 heterocycles. The van der Waals surface area contributed by atoms with E-state index in [1.807, 2.05) is 152 Å². The van der Waals surface area contributed by atoms with E-state index in [-0.39, 0.29) is 35.2 Å². The average molecular weight is 860 g/mol. The number of thiazole rings is 1. The molecule has 9 nitrogen and oxygen atoms in total. The zero-order valence-corrected chi connectivity index (χ0v) is 34.0. The maximum absolute atomic E-state index is 14.2. The highest BCUT2D eigenvalue weighted by Gasteiger charge is 2.50. The van der Waals surface area contributed by atoms with E-state index in [4.69, 9.17) is 16.3 Å². The van der Waals surface area contributed by atoms with Crippen molar-refractivity contribution in [2.24, 2.45) is 4.99 Å². The van der Waals surface area contributed by atoms with Crippen LogP contribution in [0.4, 0.5) is 13.9 Å². The van der Waals surface area contributed by atoms with E-state index in [0.717, 1.165) is 28.0 Å². The number of hydrogen-bond donors (Lipinski definition) is 2. The lowest BCUT2D eigenvalue weighted by atomic mass is 9.77. The number of esters is 1. The van der Waals surface area contributed by atoms with Crippen molar-refractivity contribution in [1.29, 1.82) is 0 Å². The first-order valence-electron chi connectivity index (χ1n) is 18.9. The quantitative estimate of drug-likeness (QED) is 0.0281. The Kier molecular flexibility index (Phi) is 12.2. The van der Waals surface area contributed by atoms with E-state index in [2.05, 4.69) is 20.6 Å². The number of thioether (sulfide) groups is 1. The van der Waals surface area contributed by atoms with Crippen LogP contribution < -0.4 is 10.6 Å². The fraction of sp³-hybridized carbons (Fsp3) is 0.152. The Morgan fingerprint density at radius 1 is 0.817 bits per heavy atom. The number of benzene rings is 5. The number of ether oxygens (including phenoxy) is 1. The molecule has 0 radical (unpaired) electrons. The summed E-state index contributed by atoms with van der Waals surface area (Å²) in [6.07, 6.45) is -0.752. The Morgan fingerprint density at radius 2 is 1.32 bits per heavy atom. The summed E-state index contributed by atoms with van der Waals surface area (Å²) in [5.41, 5.74) is 2.48. The molecule has 0 bridgehead atoms. The number of aliphatic imine (C=N–C) groups is 1. The third-order valence-corrected chi connectivity index (χ3v) is 12.6. The minimum Gasteiger partial charge on any atom is -0.448 e. The monoisotopic (exact) mass is 859 g/mol. The van der Waals surface area contributed by atoms with Gasteiger partial charge in [-0.1, -0.05) is 152 Å². The summed E-state index contributed by atoms with van der Waals surface area (Å²) in [5.74, 6) is -2.39. The van der Waals surface area contributed by atoms with Crippen LogP contribution in [0.15, 0.2) is 173 Å². The molecule has 2 aliphatic heterocycles. The third-order valence-electron chi connectivity index (χ3n) is 10.2. The van der Waals surface area contributed by atoms with Crippen molar-refractivity contribution in [2.45, 2.75) is 35.4 Å². The summed E-state index contributed by atoms with van der Waals surface area (Å²) >= 11 is 8.81. The van der Waals surface area contributed by atoms with E-state index in [1.54, 1.807) is 0 Å². The second-order valence-corrected chi connectivity index (χ2v) is 16.2. The fourth-order valence-corrected chi connectivity index (χ4v) is 9.98. The van der Waals surface area contributed by atoms with E-state index < -0.39 is 46.5 Å². The van der Waals surface area contributed by atoms with E-state index in [0.29, 0.717) is 16.3 Å². The minimum absolute atomic E-state index is 0.0786. The SMILES string of the molecule is O=C(NC1SC2CC(=O)N2C(C(=O)OC(c2ccccc2)c2ccccc2)=C1CCl)C(=NC(F)F)c1csc(NC(c2ccccc2)(c2ccccc2)c2ccccc2)n1. The van der Waals surface area contributed by atoms with Gasteiger partial charge in [0.05, 0.1) is 11.8 Å². The molecule has 2 N–H and O–H groups in total. The molecule has 2 amide bonds. The van der Waals surface area contributed by atoms with Crippen molar-refractivity contribution in [3.8, 4) is 0 Å². The predicted molar refractivity (Wildman–Crippen MR) is 231 cm³/mol. The van der Waals surface area contributed by atoms with Gasteiger partial charge < -0.3 is 15.4 Å². The van der Waals surface area contributed by atoms with Gasteiger partial charge >= 0.3 is 12.5 Å². The van der Waals surface area contributed by atoms with Gasteiger partial charge in [-0.15, -0.1) is 34.7 Å². The zero-order chi connectivity index (χ0) is 41.6. The van der Waals surface area contributed by atoms with Gasteiger partial charge in [-0.25, -0.2) is 14.8 Å². The molecule has 2 aliphatic rings. The van der Waals surface area contributed by atoms with Crippen molar-refractivity contribution in [3.05, 3.63) is 202 Å². The third kappa shape index (κ3) is 8.20. The molecular formula is C46H36ClF2N5O4S2. The van der Waals surface area contributed by atoms with Gasteiger partial charge in [-0.2, -0.15) is 8.78 Å². The molecule has 2 unspecified atom stereocenters. The van der Waals surface area contributed by atoms with E-state index in [9.17, 15) is 23.2 Å². The summed E-state index contributed by atoms with van der Waals surface area (Å²) in [5, 5.41) is 6.66. The highest BCUT2D eigenvalue weighted by molar-refractivity contribution is 8.00. The number of amides is 2. The number of hydrogen-bond acceptors (Lipinski definition) is 9. The number of rotatable bonds is 14. The molecule has 302 valence electrons. The highest BCUT2D eigenvalue weighted by atomic mass is 35.5. The second kappa shape index (κ2) is 18.0. The van der Waals surface area contributed by atoms with Crippen LogP contribution in [0.2, 0.25) is 0 Å². The van der Waals surface area contributed by atoms with E-state index >= 15 is 0 Å². The number of carbonyl (C=O) groups excluding carboxylic acids is 3. The fourth-order valence-electron chi connectivity index (χ4n) is 7.42. The summed E-state index contributed by atoms with van der Waals surface area (Å²) in [4.78, 5) is 50.8. The Bertz CT molecular complexity index is 2390. The normalized spacial score (nSPS) is 16.6. The van der Waals surface area contributed by atoms with Crippen LogP contribution in [-0.4, -0.2) is 56.6 Å². The first-order valence-corrected chi connectivity index (χ1v) is 21.3. The first-order chi connectivity index (χ1) is 29.3. The van der Waals surface area contributed by atoms with Crippen molar-refractivity contribution >= 4 is 63.3 Å². The maximum Gasteiger partial charge on any atom is 0.356 e. The van der Waals surface area contributed by atoms with Gasteiger partial charge in [0.15, 0.2) is 16.9 Å². The Morgan fingerprint density at radius 3 is 1.78 bits per heavy atom. The number of nitrogens with zero attached hydrogens (tertiary/aromatic N) is 3. The molecule has 6 aromatic rings. The average Bonchev–Trinajstić information content (AvgIpc) is 3.75. The molecule has 1 saturated heterocycles. The molecular weight excluding hydrogens is 824 g/mol. The van der Waals surface area contributed by atoms with Crippen LogP contribution in [-0.2, 0) is 24.7 Å². The van der Waals surface area contributed by atoms with Crippen molar-refractivity contribution in [2.75, 3.05) is 11.2 Å². The molecule has 0 spiro atoms. The molecule has 14 heteroatoms. The Labute approximate surface area is 358 Å². The number of aromatic nitrogens is 1. The van der Waals surface area contributed by atoms with Crippen LogP contribution in [0, 0.1) is 0 Å². The standard InChI is InChI=1S/C46H36ClF2N5O4S2/c47-27-34-39(43(57)58-40(29-16-6-1-7-17-29)30-18-8-2-9-19-30)54-36(55)26-37(54)60-42(34)52-41(56)38(51-44(48)49)35-28-59-45(50-35)53-46(31-20-10-3-11-21-31,32-22-12-4-13-23-32)33-24-14-5-15-25-33/h1-25,28,37,40,42,44H,26-27H2,(H,50,53)(H,52,56). The number of alkyl halides is 3. The number of carbonyl (C=O) groups is 3. The minimum atomic E-state index is -3.25. The second-order valence-electron chi connectivity index (χ2n) is 13.8. The van der Waals surface area contributed by atoms with Gasteiger partial charge in [0.25, 0.3) is 5.91 Å². The summed E-state index contributed by atoms with van der Waals surface area (Å²) in [7, 11) is 0. The first kappa shape index (κ1) is 40.6. The topological polar surface area (TPSA) is 113 Å². The van der Waals surface area contributed by atoms with E-state index in [1.165, 1.54) is 22.0 Å². The zero-order valence-electron chi connectivity index (χ0n) is 31.7. The molecule has 5 aromatic carbocycles. The smallest absolute Gasteiger partial charge is 0.356 e. The van der Waals surface area contributed by atoms with Crippen molar-refractivity contribution in [3.63, 3.8) is 0 Å². The van der Waals surface area contributed by atoms with Crippen LogP contribution >= 0.6 is 34.7 Å². The molecule has 60 heavy (non-hydrogen) atoms.